The van der Waals surface area contributed by atoms with Gasteiger partial charge in [-0.1, -0.05) is 50.6 Å². The molecule has 0 bridgehead atoms. The van der Waals surface area contributed by atoms with Gasteiger partial charge >= 0.3 is 0 Å². The van der Waals surface area contributed by atoms with Crippen LogP contribution in [-0.4, -0.2) is 18.5 Å². The van der Waals surface area contributed by atoms with E-state index < -0.39 is 0 Å². The lowest BCUT2D eigenvalue weighted by Gasteiger charge is -2.01. The molecule has 0 atom stereocenters. The Morgan fingerprint density at radius 3 is 1.86 bits per heavy atom. The van der Waals surface area contributed by atoms with Gasteiger partial charge in [0.1, 0.15) is 5.78 Å². The first-order valence-electron chi connectivity index (χ1n) is 7.58. The SMILES string of the molecule is CC.CCC(C)=O.CN=C(C)/C=C(\C)c1ccc(C)cc1. The number of allylic oxidation sites excluding steroid dienone is 2. The summed E-state index contributed by atoms with van der Waals surface area (Å²) < 4.78 is 0. The average molecular weight is 289 g/mol. The van der Waals surface area contributed by atoms with Gasteiger partial charge in [-0.15, -0.1) is 0 Å². The van der Waals surface area contributed by atoms with Crippen LogP contribution in [0.4, 0.5) is 0 Å². The molecule has 0 amide bonds. The number of carbonyl (C=O) groups excluding carboxylic acids is 1. The normalized spacial score (nSPS) is 10.9. The van der Waals surface area contributed by atoms with Crippen molar-refractivity contribution in [3.05, 3.63) is 41.5 Å². The van der Waals surface area contributed by atoms with E-state index >= 15 is 0 Å². The molecule has 0 N–H and O–H groups in total. The molecular formula is C19H31NO. The van der Waals surface area contributed by atoms with E-state index in [4.69, 9.17) is 0 Å². The van der Waals surface area contributed by atoms with Gasteiger partial charge in [-0.2, -0.15) is 0 Å². The molecule has 0 heterocycles. The van der Waals surface area contributed by atoms with Gasteiger partial charge in [0, 0.05) is 19.2 Å². The molecule has 1 aromatic carbocycles. The van der Waals surface area contributed by atoms with Crippen LogP contribution in [-0.2, 0) is 4.79 Å². The second-order valence-electron chi connectivity index (χ2n) is 4.61. The van der Waals surface area contributed by atoms with E-state index in [-0.39, 0.29) is 5.78 Å². The van der Waals surface area contributed by atoms with Crippen molar-refractivity contribution in [2.75, 3.05) is 7.05 Å². The molecule has 0 spiro atoms. The zero-order chi connectivity index (χ0) is 16.8. The number of carbonyl (C=O) groups is 1. The molecule has 0 aliphatic carbocycles. The maximum atomic E-state index is 9.81. The third-order valence-corrected chi connectivity index (χ3v) is 2.78. The lowest BCUT2D eigenvalue weighted by Crippen LogP contribution is -1.87. The number of nitrogens with zero attached hydrogens (tertiary/aromatic N) is 1. The summed E-state index contributed by atoms with van der Waals surface area (Å²) in [5, 5.41) is 0. The molecule has 118 valence electrons. The molecule has 0 saturated heterocycles. The first-order chi connectivity index (χ1) is 9.90. The maximum Gasteiger partial charge on any atom is 0.129 e. The fourth-order valence-electron chi connectivity index (χ4n) is 1.28. The number of hydrogen-bond donors (Lipinski definition) is 0. The van der Waals surface area contributed by atoms with E-state index in [0.717, 1.165) is 5.71 Å². The highest BCUT2D eigenvalue weighted by atomic mass is 16.1. The van der Waals surface area contributed by atoms with Gasteiger partial charge in [0.25, 0.3) is 0 Å². The van der Waals surface area contributed by atoms with Crippen molar-refractivity contribution in [1.82, 2.24) is 0 Å². The van der Waals surface area contributed by atoms with E-state index in [9.17, 15) is 4.79 Å². The zero-order valence-electron chi connectivity index (χ0n) is 14.9. The van der Waals surface area contributed by atoms with Crippen molar-refractivity contribution < 1.29 is 4.79 Å². The van der Waals surface area contributed by atoms with Gasteiger partial charge in [0.2, 0.25) is 0 Å². The van der Waals surface area contributed by atoms with Crippen LogP contribution in [0.5, 0.6) is 0 Å². The molecule has 0 aliphatic rings. The van der Waals surface area contributed by atoms with E-state index in [0.29, 0.717) is 6.42 Å². The average Bonchev–Trinajstić information content (AvgIpc) is 2.50. The highest BCUT2D eigenvalue weighted by molar-refractivity contribution is 5.98. The van der Waals surface area contributed by atoms with Crippen molar-refractivity contribution in [2.24, 2.45) is 4.99 Å². The minimum Gasteiger partial charge on any atom is -0.300 e. The number of ketones is 1. The van der Waals surface area contributed by atoms with Crippen molar-refractivity contribution in [1.29, 1.82) is 0 Å². The molecule has 1 rings (SSSR count). The van der Waals surface area contributed by atoms with Gasteiger partial charge in [-0.05, 0) is 44.9 Å². The smallest absolute Gasteiger partial charge is 0.129 e. The van der Waals surface area contributed by atoms with Crippen LogP contribution in [0, 0.1) is 6.92 Å². The Kier molecular flexibility index (Phi) is 13.7. The van der Waals surface area contributed by atoms with Crippen LogP contribution in [0.1, 0.15) is 59.1 Å². The molecular weight excluding hydrogens is 258 g/mol. The second kappa shape index (κ2) is 13.3. The van der Waals surface area contributed by atoms with E-state index in [1.165, 1.54) is 16.7 Å². The Morgan fingerprint density at radius 1 is 1.10 bits per heavy atom. The molecule has 21 heavy (non-hydrogen) atoms. The number of rotatable bonds is 3. The van der Waals surface area contributed by atoms with Crippen molar-refractivity contribution in [2.45, 2.75) is 54.9 Å². The van der Waals surface area contributed by atoms with Crippen molar-refractivity contribution in [3.63, 3.8) is 0 Å². The predicted molar refractivity (Wildman–Crippen MR) is 96.2 cm³/mol. The number of benzene rings is 1. The van der Waals surface area contributed by atoms with Gasteiger partial charge < -0.3 is 4.79 Å². The molecule has 0 aromatic heterocycles. The fourth-order valence-corrected chi connectivity index (χ4v) is 1.28. The standard InChI is InChI=1S/C13H17N.C4H8O.C2H6/c1-10-5-7-13(8-6-10)11(2)9-12(3)14-4;1-3-4(2)5;1-2/h5-9H,1-4H3;3H2,1-2H3;1-2H3/b11-9+,14-12?;;. The minimum atomic E-state index is 0.255. The highest BCUT2D eigenvalue weighted by Crippen LogP contribution is 2.14. The Hall–Kier alpha value is -1.70. The number of aliphatic imine (C=N–C) groups is 1. The van der Waals surface area contributed by atoms with Gasteiger partial charge in [-0.3, -0.25) is 4.99 Å². The molecule has 0 radical (unpaired) electrons. The van der Waals surface area contributed by atoms with E-state index in [2.05, 4.69) is 49.2 Å². The molecule has 0 saturated carbocycles. The number of hydrogen-bond acceptors (Lipinski definition) is 2. The Morgan fingerprint density at radius 2 is 1.52 bits per heavy atom. The number of aryl methyl sites for hydroxylation is 1. The summed E-state index contributed by atoms with van der Waals surface area (Å²) in [6.45, 7) is 13.7. The Bertz CT molecular complexity index is 453. The summed E-state index contributed by atoms with van der Waals surface area (Å²) in [5.41, 5.74) is 4.87. The van der Waals surface area contributed by atoms with Crippen LogP contribution < -0.4 is 0 Å². The maximum absolute atomic E-state index is 9.81. The molecule has 0 aliphatic heterocycles. The molecule has 0 fully saturated rings. The highest BCUT2D eigenvalue weighted by Gasteiger charge is 1.95. The summed E-state index contributed by atoms with van der Waals surface area (Å²) in [6.07, 6.45) is 2.77. The third kappa shape index (κ3) is 11.8. The van der Waals surface area contributed by atoms with Crippen LogP contribution in [0.3, 0.4) is 0 Å². The topological polar surface area (TPSA) is 29.4 Å². The minimum absolute atomic E-state index is 0.255. The predicted octanol–water partition coefficient (Wildman–Crippen LogP) is 5.50. The second-order valence-corrected chi connectivity index (χ2v) is 4.61. The van der Waals surface area contributed by atoms with Crippen LogP contribution in [0.2, 0.25) is 0 Å². The summed E-state index contributed by atoms with van der Waals surface area (Å²) in [6, 6.07) is 8.55. The van der Waals surface area contributed by atoms with Crippen LogP contribution in [0.25, 0.3) is 5.57 Å². The van der Waals surface area contributed by atoms with Crippen LogP contribution >= 0.6 is 0 Å². The monoisotopic (exact) mass is 289 g/mol. The lowest BCUT2D eigenvalue weighted by atomic mass is 10.0. The molecule has 2 nitrogen and oxygen atoms in total. The number of Topliss-reactive ketones (excluding diaryl/α,β-unsaturated/α-hetero) is 1. The molecule has 1 aromatic rings. The van der Waals surface area contributed by atoms with Crippen LogP contribution in [0.15, 0.2) is 35.3 Å². The van der Waals surface area contributed by atoms with Gasteiger partial charge in [0.15, 0.2) is 0 Å². The summed E-state index contributed by atoms with van der Waals surface area (Å²) in [4.78, 5) is 13.9. The van der Waals surface area contributed by atoms with E-state index in [1.54, 1.807) is 6.92 Å². The molecule has 0 unspecified atom stereocenters. The fraction of sp³-hybridized carbons (Fsp3) is 0.474. The quantitative estimate of drug-likeness (QED) is 0.675. The molecule has 2 heteroatoms. The lowest BCUT2D eigenvalue weighted by molar-refractivity contribution is -0.116. The van der Waals surface area contributed by atoms with Crippen molar-refractivity contribution in [3.8, 4) is 0 Å². The zero-order valence-corrected chi connectivity index (χ0v) is 14.9. The summed E-state index contributed by atoms with van der Waals surface area (Å²) >= 11 is 0. The third-order valence-electron chi connectivity index (χ3n) is 2.78. The first kappa shape index (κ1) is 21.6. The van der Waals surface area contributed by atoms with Gasteiger partial charge in [0.05, 0.1) is 0 Å². The van der Waals surface area contributed by atoms with Gasteiger partial charge in [-0.25, -0.2) is 0 Å². The Labute approximate surface area is 131 Å². The first-order valence-corrected chi connectivity index (χ1v) is 7.58. The Balaban J connectivity index is 0. The summed E-state index contributed by atoms with van der Waals surface area (Å²) in [7, 11) is 1.81. The van der Waals surface area contributed by atoms with Crippen molar-refractivity contribution >= 4 is 17.1 Å². The summed E-state index contributed by atoms with van der Waals surface area (Å²) in [5.74, 6) is 0.255. The largest absolute Gasteiger partial charge is 0.300 e. The van der Waals surface area contributed by atoms with E-state index in [1.807, 2.05) is 34.7 Å².